The second-order valence-corrected chi connectivity index (χ2v) is 4.74. The van der Waals surface area contributed by atoms with Crippen molar-refractivity contribution in [2.75, 3.05) is 11.1 Å². The quantitative estimate of drug-likeness (QED) is 0.764. The number of anilines is 3. The minimum Gasteiger partial charge on any atom is -0.435 e. The Balaban J connectivity index is 1.88. The van der Waals surface area contributed by atoms with Gasteiger partial charge in [0.2, 0.25) is 5.88 Å². The lowest BCUT2D eigenvalue weighted by atomic mass is 10.3. The van der Waals surface area contributed by atoms with Crippen molar-refractivity contribution in [3.8, 4) is 11.6 Å². The SMILES string of the molecule is Nc1c(Nc2ccccc2Cl)ncnc1Oc1cccnc1. The van der Waals surface area contributed by atoms with Gasteiger partial charge in [-0.3, -0.25) is 4.98 Å². The predicted molar refractivity (Wildman–Crippen MR) is 85.5 cm³/mol. The number of nitrogens with two attached hydrogens (primary N) is 1. The van der Waals surface area contributed by atoms with Crippen molar-refractivity contribution in [2.45, 2.75) is 0 Å². The summed E-state index contributed by atoms with van der Waals surface area (Å²) in [5.41, 5.74) is 7.03. The van der Waals surface area contributed by atoms with Gasteiger partial charge in [-0.05, 0) is 24.3 Å². The van der Waals surface area contributed by atoms with Crippen LogP contribution in [0.3, 0.4) is 0 Å². The lowest BCUT2D eigenvalue weighted by Crippen LogP contribution is -2.03. The molecule has 3 N–H and O–H groups in total. The van der Waals surface area contributed by atoms with Crippen molar-refractivity contribution in [3.05, 3.63) is 60.1 Å². The lowest BCUT2D eigenvalue weighted by molar-refractivity contribution is 0.462. The monoisotopic (exact) mass is 313 g/mol. The first-order valence-electron chi connectivity index (χ1n) is 6.44. The molecule has 22 heavy (non-hydrogen) atoms. The van der Waals surface area contributed by atoms with E-state index >= 15 is 0 Å². The topological polar surface area (TPSA) is 86.0 Å². The number of hydrogen-bond acceptors (Lipinski definition) is 6. The Hall–Kier alpha value is -2.86. The standard InChI is InChI=1S/C15H12ClN5O/c16-11-5-1-2-6-12(11)21-14-13(17)15(20-9-19-14)22-10-4-3-7-18-8-10/h1-9H,17H2,(H,19,20,21). The summed E-state index contributed by atoms with van der Waals surface area (Å²) in [5.74, 6) is 1.20. The van der Waals surface area contributed by atoms with Gasteiger partial charge in [0.05, 0.1) is 16.9 Å². The minimum absolute atomic E-state index is 0.248. The largest absolute Gasteiger partial charge is 0.435 e. The van der Waals surface area contributed by atoms with E-state index in [0.717, 1.165) is 0 Å². The molecular formula is C15H12ClN5O. The van der Waals surface area contributed by atoms with E-state index in [1.807, 2.05) is 18.2 Å². The maximum Gasteiger partial charge on any atom is 0.248 e. The van der Waals surface area contributed by atoms with Crippen LogP contribution in [0.4, 0.5) is 17.2 Å². The molecule has 6 nitrogen and oxygen atoms in total. The first kappa shape index (κ1) is 14.1. The second kappa shape index (κ2) is 6.28. The Labute approximate surface area is 132 Å². The molecule has 3 aromatic rings. The van der Waals surface area contributed by atoms with Crippen LogP contribution in [0.25, 0.3) is 0 Å². The fourth-order valence-corrected chi connectivity index (χ4v) is 1.95. The molecule has 7 heteroatoms. The van der Waals surface area contributed by atoms with Gasteiger partial charge in [-0.1, -0.05) is 23.7 Å². The molecule has 2 heterocycles. The van der Waals surface area contributed by atoms with E-state index < -0.39 is 0 Å². The van der Waals surface area contributed by atoms with Crippen molar-refractivity contribution in [1.29, 1.82) is 0 Å². The Kier molecular flexibility index (Phi) is 4.02. The van der Waals surface area contributed by atoms with Crippen molar-refractivity contribution < 1.29 is 4.74 Å². The molecule has 0 fully saturated rings. The summed E-state index contributed by atoms with van der Waals surface area (Å²) in [6.07, 6.45) is 4.59. The summed E-state index contributed by atoms with van der Waals surface area (Å²) in [7, 11) is 0. The number of pyridine rings is 1. The Morgan fingerprint density at radius 3 is 2.73 bits per heavy atom. The van der Waals surface area contributed by atoms with E-state index in [9.17, 15) is 0 Å². The first-order chi connectivity index (χ1) is 10.7. The molecule has 3 rings (SSSR count). The third-order valence-corrected chi connectivity index (χ3v) is 3.15. The lowest BCUT2D eigenvalue weighted by Gasteiger charge is -2.12. The molecular weight excluding hydrogens is 302 g/mol. The third kappa shape index (κ3) is 3.07. The molecule has 0 radical (unpaired) electrons. The number of aromatic nitrogens is 3. The molecule has 0 aliphatic carbocycles. The molecule has 0 aliphatic heterocycles. The maximum atomic E-state index is 6.11. The molecule has 0 saturated heterocycles. The first-order valence-corrected chi connectivity index (χ1v) is 6.82. The van der Waals surface area contributed by atoms with Crippen LogP contribution < -0.4 is 15.8 Å². The summed E-state index contributed by atoms with van der Waals surface area (Å²) in [6.45, 7) is 0. The van der Waals surface area contributed by atoms with Gasteiger partial charge >= 0.3 is 0 Å². The molecule has 2 aromatic heterocycles. The van der Waals surface area contributed by atoms with Crippen molar-refractivity contribution >= 4 is 28.8 Å². The molecule has 0 spiro atoms. The van der Waals surface area contributed by atoms with Gasteiger partial charge < -0.3 is 15.8 Å². The zero-order chi connectivity index (χ0) is 15.4. The van der Waals surface area contributed by atoms with Crippen LogP contribution >= 0.6 is 11.6 Å². The van der Waals surface area contributed by atoms with E-state index in [1.54, 1.807) is 30.6 Å². The van der Waals surface area contributed by atoms with Gasteiger partial charge in [0.1, 0.15) is 17.8 Å². The van der Waals surface area contributed by atoms with Gasteiger partial charge in [0, 0.05) is 6.20 Å². The Bertz CT molecular complexity index is 782. The summed E-state index contributed by atoms with van der Waals surface area (Å²) in [5, 5.41) is 3.63. The molecule has 110 valence electrons. The fourth-order valence-electron chi connectivity index (χ4n) is 1.77. The number of rotatable bonds is 4. The Morgan fingerprint density at radius 2 is 1.95 bits per heavy atom. The van der Waals surface area contributed by atoms with Crippen LogP contribution in [-0.2, 0) is 0 Å². The number of halogens is 1. The maximum absolute atomic E-state index is 6.11. The van der Waals surface area contributed by atoms with Crippen LogP contribution in [0.1, 0.15) is 0 Å². The highest BCUT2D eigenvalue weighted by atomic mass is 35.5. The van der Waals surface area contributed by atoms with Crippen LogP contribution in [-0.4, -0.2) is 15.0 Å². The average molecular weight is 314 g/mol. The highest BCUT2D eigenvalue weighted by molar-refractivity contribution is 6.33. The van der Waals surface area contributed by atoms with E-state index in [0.29, 0.717) is 22.3 Å². The van der Waals surface area contributed by atoms with Gasteiger partial charge in [-0.2, -0.15) is 4.98 Å². The molecule has 0 bridgehead atoms. The van der Waals surface area contributed by atoms with E-state index in [1.165, 1.54) is 6.33 Å². The van der Waals surface area contributed by atoms with Gasteiger partial charge in [-0.15, -0.1) is 0 Å². The number of para-hydroxylation sites is 1. The fraction of sp³-hybridized carbons (Fsp3) is 0. The number of nitrogen functional groups attached to an aromatic ring is 1. The zero-order valence-electron chi connectivity index (χ0n) is 11.4. The number of nitrogens with zero attached hydrogens (tertiary/aromatic N) is 3. The predicted octanol–water partition coefficient (Wildman–Crippen LogP) is 3.64. The number of hydrogen-bond donors (Lipinski definition) is 2. The highest BCUT2D eigenvalue weighted by Crippen LogP contribution is 2.32. The number of benzene rings is 1. The Morgan fingerprint density at radius 1 is 1.09 bits per heavy atom. The zero-order valence-corrected chi connectivity index (χ0v) is 12.2. The normalized spacial score (nSPS) is 10.2. The van der Waals surface area contributed by atoms with E-state index in [2.05, 4.69) is 20.3 Å². The smallest absolute Gasteiger partial charge is 0.248 e. The molecule has 0 amide bonds. The van der Waals surface area contributed by atoms with Gasteiger partial charge in [-0.25, -0.2) is 4.98 Å². The summed E-state index contributed by atoms with van der Waals surface area (Å²) in [4.78, 5) is 12.1. The molecule has 0 atom stereocenters. The summed E-state index contributed by atoms with van der Waals surface area (Å²) < 4.78 is 5.61. The minimum atomic E-state index is 0.248. The number of ether oxygens (including phenoxy) is 1. The second-order valence-electron chi connectivity index (χ2n) is 4.34. The van der Waals surface area contributed by atoms with Gasteiger partial charge in [0.25, 0.3) is 0 Å². The van der Waals surface area contributed by atoms with Crippen molar-refractivity contribution in [1.82, 2.24) is 15.0 Å². The van der Waals surface area contributed by atoms with Crippen molar-refractivity contribution in [3.63, 3.8) is 0 Å². The molecule has 0 saturated carbocycles. The summed E-state index contributed by atoms with van der Waals surface area (Å²) in [6, 6.07) is 10.8. The highest BCUT2D eigenvalue weighted by Gasteiger charge is 2.11. The van der Waals surface area contributed by atoms with Crippen LogP contribution in [0.15, 0.2) is 55.1 Å². The van der Waals surface area contributed by atoms with Crippen LogP contribution in [0.5, 0.6) is 11.6 Å². The van der Waals surface area contributed by atoms with E-state index in [-0.39, 0.29) is 11.6 Å². The van der Waals surface area contributed by atoms with Gasteiger partial charge in [0.15, 0.2) is 5.82 Å². The number of nitrogens with one attached hydrogen (secondary N) is 1. The van der Waals surface area contributed by atoms with Crippen LogP contribution in [0, 0.1) is 0 Å². The van der Waals surface area contributed by atoms with Crippen molar-refractivity contribution in [2.24, 2.45) is 0 Å². The van der Waals surface area contributed by atoms with E-state index in [4.69, 9.17) is 22.1 Å². The molecule has 1 aromatic carbocycles. The molecule has 0 unspecified atom stereocenters. The summed E-state index contributed by atoms with van der Waals surface area (Å²) >= 11 is 6.11. The van der Waals surface area contributed by atoms with Crippen LogP contribution in [0.2, 0.25) is 5.02 Å². The molecule has 0 aliphatic rings. The average Bonchev–Trinajstić information content (AvgIpc) is 2.54. The third-order valence-electron chi connectivity index (χ3n) is 2.82.